The van der Waals surface area contributed by atoms with Crippen LogP contribution in [0.4, 0.5) is 11.4 Å². The molecule has 7 heteroatoms. The average Bonchev–Trinajstić information content (AvgIpc) is 3.15. The van der Waals surface area contributed by atoms with E-state index in [1.807, 2.05) is 22.6 Å². The maximum absolute atomic E-state index is 11.4. The first-order chi connectivity index (χ1) is 8.84. The third-order valence-electron chi connectivity index (χ3n) is 3.40. The highest BCUT2D eigenvalue weighted by molar-refractivity contribution is 14.1. The van der Waals surface area contributed by atoms with Crippen molar-refractivity contribution in [3.8, 4) is 0 Å². The number of nitrogens with one attached hydrogen (secondary N) is 1. The Morgan fingerprint density at radius 2 is 2.21 bits per heavy atom. The summed E-state index contributed by atoms with van der Waals surface area (Å²) in [7, 11) is 0. The summed E-state index contributed by atoms with van der Waals surface area (Å²) in [5.41, 5.74) is -0.405. The summed E-state index contributed by atoms with van der Waals surface area (Å²) in [6.07, 6.45) is 1.78. The van der Waals surface area contributed by atoms with Gasteiger partial charge in [0.15, 0.2) is 0 Å². The molecule has 0 aromatic heterocycles. The molecule has 0 saturated heterocycles. The number of carbonyl (C=O) groups is 1. The van der Waals surface area contributed by atoms with Crippen molar-refractivity contribution < 1.29 is 14.8 Å². The number of hydrogen-bond acceptors (Lipinski definition) is 4. The van der Waals surface area contributed by atoms with Crippen molar-refractivity contribution in [3.63, 3.8) is 0 Å². The molecule has 0 bridgehead atoms. The van der Waals surface area contributed by atoms with E-state index < -0.39 is 16.4 Å². The molecule has 19 heavy (non-hydrogen) atoms. The Morgan fingerprint density at radius 3 is 2.63 bits per heavy atom. The Bertz CT molecular complexity index is 545. The second kappa shape index (κ2) is 4.95. The van der Waals surface area contributed by atoms with Crippen LogP contribution < -0.4 is 5.32 Å². The van der Waals surface area contributed by atoms with Crippen LogP contribution >= 0.6 is 22.6 Å². The minimum atomic E-state index is -1.02. The lowest BCUT2D eigenvalue weighted by atomic mass is 9.95. The number of benzene rings is 1. The number of non-ortho nitro benzene ring substituents is 1. The molecule has 1 aliphatic carbocycles. The van der Waals surface area contributed by atoms with Gasteiger partial charge in [-0.15, -0.1) is 0 Å². The van der Waals surface area contributed by atoms with Gasteiger partial charge < -0.3 is 10.4 Å². The zero-order valence-electron chi connectivity index (χ0n) is 10.2. The number of carboxylic acid groups (broad SMARTS) is 1. The molecule has 1 fully saturated rings. The van der Waals surface area contributed by atoms with Crippen LogP contribution in [0, 0.1) is 19.6 Å². The average molecular weight is 376 g/mol. The van der Waals surface area contributed by atoms with Crippen LogP contribution in [-0.2, 0) is 4.79 Å². The normalized spacial score (nSPS) is 17.6. The highest BCUT2D eigenvalue weighted by atomic mass is 127. The number of carboxylic acids is 1. The van der Waals surface area contributed by atoms with E-state index in [0.717, 1.165) is 12.8 Å². The third-order valence-corrected chi connectivity index (χ3v) is 4.29. The summed E-state index contributed by atoms with van der Waals surface area (Å²) in [6, 6.07) is 4.36. The van der Waals surface area contributed by atoms with Crippen LogP contribution in [0.3, 0.4) is 0 Å². The van der Waals surface area contributed by atoms with Gasteiger partial charge in [-0.25, -0.2) is 4.79 Å². The molecule has 102 valence electrons. The van der Waals surface area contributed by atoms with E-state index in [0.29, 0.717) is 9.26 Å². The predicted octanol–water partition coefficient (Wildman–Crippen LogP) is 2.86. The molecule has 0 radical (unpaired) electrons. The maximum atomic E-state index is 11.4. The Kier molecular flexibility index (Phi) is 3.66. The van der Waals surface area contributed by atoms with Gasteiger partial charge in [0.25, 0.3) is 5.69 Å². The highest BCUT2D eigenvalue weighted by Crippen LogP contribution is 2.42. The van der Waals surface area contributed by atoms with Crippen LogP contribution in [0.25, 0.3) is 0 Å². The van der Waals surface area contributed by atoms with Crippen LogP contribution in [0.5, 0.6) is 0 Å². The second-order valence-corrected chi connectivity index (χ2v) is 5.99. The van der Waals surface area contributed by atoms with Crippen molar-refractivity contribution in [1.29, 1.82) is 0 Å². The molecule has 1 saturated carbocycles. The van der Waals surface area contributed by atoms with Crippen molar-refractivity contribution in [2.24, 2.45) is 5.92 Å². The first-order valence-corrected chi connectivity index (χ1v) is 6.88. The first-order valence-electron chi connectivity index (χ1n) is 5.80. The van der Waals surface area contributed by atoms with E-state index in [1.165, 1.54) is 12.1 Å². The van der Waals surface area contributed by atoms with E-state index in [4.69, 9.17) is 0 Å². The zero-order valence-corrected chi connectivity index (χ0v) is 12.4. The SMILES string of the molecule is CC(Nc1ccc([N+](=O)[O-])cc1I)(C(=O)O)C1CC1. The fraction of sp³-hybridized carbons (Fsp3) is 0.417. The number of anilines is 1. The minimum Gasteiger partial charge on any atom is -0.480 e. The molecule has 2 N–H and O–H groups in total. The molecule has 2 rings (SSSR count). The van der Waals surface area contributed by atoms with Gasteiger partial charge in [0, 0.05) is 21.4 Å². The van der Waals surface area contributed by atoms with Crippen molar-refractivity contribution >= 4 is 39.9 Å². The van der Waals surface area contributed by atoms with Gasteiger partial charge in [0.2, 0.25) is 0 Å². The molecule has 1 unspecified atom stereocenters. The standard InChI is InChI=1S/C12H13IN2O4/c1-12(11(16)17,7-2-3-7)14-10-5-4-8(15(18)19)6-9(10)13/h4-7,14H,2-3H2,1H3,(H,16,17). The van der Waals surface area contributed by atoms with Crippen LogP contribution in [0.15, 0.2) is 18.2 Å². The van der Waals surface area contributed by atoms with E-state index in [-0.39, 0.29) is 11.6 Å². The summed E-state index contributed by atoms with van der Waals surface area (Å²) in [5, 5.41) is 23.1. The number of nitro benzene ring substituents is 1. The summed E-state index contributed by atoms with van der Waals surface area (Å²) in [6.45, 7) is 1.66. The Balaban J connectivity index is 2.27. The smallest absolute Gasteiger partial charge is 0.329 e. The summed E-state index contributed by atoms with van der Waals surface area (Å²) in [4.78, 5) is 21.6. The van der Waals surface area contributed by atoms with Crippen molar-refractivity contribution in [2.75, 3.05) is 5.32 Å². The fourth-order valence-electron chi connectivity index (χ4n) is 1.99. The number of halogens is 1. The molecule has 1 aromatic rings. The topological polar surface area (TPSA) is 92.5 Å². The number of nitro groups is 1. The molecular formula is C12H13IN2O4. The van der Waals surface area contributed by atoms with Gasteiger partial charge in [-0.1, -0.05) is 0 Å². The predicted molar refractivity (Wildman–Crippen MR) is 78.2 cm³/mol. The summed E-state index contributed by atoms with van der Waals surface area (Å²) < 4.78 is 0.639. The van der Waals surface area contributed by atoms with Crippen molar-refractivity contribution in [2.45, 2.75) is 25.3 Å². The molecule has 0 amide bonds. The quantitative estimate of drug-likeness (QED) is 0.468. The largest absolute Gasteiger partial charge is 0.480 e. The van der Waals surface area contributed by atoms with E-state index >= 15 is 0 Å². The van der Waals surface area contributed by atoms with Gasteiger partial charge in [0.05, 0.1) is 4.92 Å². The zero-order chi connectivity index (χ0) is 14.2. The number of aliphatic carboxylic acids is 1. The fourth-order valence-corrected chi connectivity index (χ4v) is 2.62. The lowest BCUT2D eigenvalue weighted by molar-refractivity contribution is -0.384. The van der Waals surface area contributed by atoms with Gasteiger partial charge in [-0.3, -0.25) is 10.1 Å². The van der Waals surface area contributed by atoms with Crippen LogP contribution in [-0.4, -0.2) is 21.5 Å². The number of rotatable bonds is 5. The van der Waals surface area contributed by atoms with Crippen LogP contribution in [0.1, 0.15) is 19.8 Å². The van der Waals surface area contributed by atoms with Gasteiger partial charge in [-0.2, -0.15) is 0 Å². The summed E-state index contributed by atoms with van der Waals surface area (Å²) >= 11 is 1.97. The first kappa shape index (κ1) is 14.0. The molecular weight excluding hydrogens is 363 g/mol. The lowest BCUT2D eigenvalue weighted by Gasteiger charge is -2.27. The summed E-state index contributed by atoms with van der Waals surface area (Å²) in [5.74, 6) is -0.792. The molecule has 0 spiro atoms. The van der Waals surface area contributed by atoms with Gasteiger partial charge in [-0.05, 0) is 54.3 Å². The minimum absolute atomic E-state index is 0.00148. The van der Waals surface area contributed by atoms with E-state index in [1.54, 1.807) is 13.0 Å². The molecule has 1 atom stereocenters. The molecule has 0 aliphatic heterocycles. The van der Waals surface area contributed by atoms with Crippen LogP contribution in [0.2, 0.25) is 0 Å². The monoisotopic (exact) mass is 376 g/mol. The number of hydrogen-bond donors (Lipinski definition) is 2. The lowest BCUT2D eigenvalue weighted by Crippen LogP contribution is -2.45. The van der Waals surface area contributed by atoms with E-state index in [9.17, 15) is 20.0 Å². The number of nitrogens with zero attached hydrogens (tertiary/aromatic N) is 1. The molecule has 1 aromatic carbocycles. The van der Waals surface area contributed by atoms with Crippen molar-refractivity contribution in [1.82, 2.24) is 0 Å². The highest BCUT2D eigenvalue weighted by Gasteiger charge is 2.47. The third kappa shape index (κ3) is 2.80. The Labute approximate surface area is 123 Å². The Hall–Kier alpha value is -1.38. The van der Waals surface area contributed by atoms with E-state index in [2.05, 4.69) is 5.32 Å². The Morgan fingerprint density at radius 1 is 1.58 bits per heavy atom. The van der Waals surface area contributed by atoms with Gasteiger partial charge >= 0.3 is 5.97 Å². The van der Waals surface area contributed by atoms with Crippen molar-refractivity contribution in [3.05, 3.63) is 31.9 Å². The molecule has 6 nitrogen and oxygen atoms in total. The second-order valence-electron chi connectivity index (χ2n) is 4.83. The van der Waals surface area contributed by atoms with Gasteiger partial charge in [0.1, 0.15) is 5.54 Å². The molecule has 0 heterocycles. The molecule has 1 aliphatic rings. The maximum Gasteiger partial charge on any atom is 0.329 e.